The second kappa shape index (κ2) is 11.3. The number of carbonyl (C=O) groups excluding carboxylic acids is 1. The zero-order valence-corrected chi connectivity index (χ0v) is 21.2. The van der Waals surface area contributed by atoms with Crippen molar-refractivity contribution < 1.29 is 15.0 Å². The number of aromatic nitrogens is 1. The van der Waals surface area contributed by atoms with E-state index in [1.165, 1.54) is 25.1 Å². The number of aliphatic hydroxyl groups excluding tert-OH is 1. The van der Waals surface area contributed by atoms with Crippen LogP contribution in [0.25, 0.3) is 0 Å². The van der Waals surface area contributed by atoms with Crippen molar-refractivity contribution in [3.63, 3.8) is 0 Å². The van der Waals surface area contributed by atoms with Gasteiger partial charge in [-0.1, -0.05) is 32.0 Å². The molecule has 2 N–H and O–H groups in total. The summed E-state index contributed by atoms with van der Waals surface area (Å²) in [6.45, 7) is 11.8. The van der Waals surface area contributed by atoms with Crippen LogP contribution < -0.4 is 9.80 Å². The van der Waals surface area contributed by atoms with Crippen molar-refractivity contribution >= 4 is 17.3 Å². The fourth-order valence-electron chi connectivity index (χ4n) is 4.55. The quantitative estimate of drug-likeness (QED) is 0.678. The molecule has 1 aromatic carbocycles. The van der Waals surface area contributed by atoms with Gasteiger partial charge in [0.2, 0.25) is 5.91 Å². The predicted molar refractivity (Wildman–Crippen MR) is 137 cm³/mol. The molecular weight excluding hydrogens is 428 g/mol. The van der Waals surface area contributed by atoms with Gasteiger partial charge < -0.3 is 24.9 Å². The number of anilines is 2. The minimum atomic E-state index is -1.43. The van der Waals surface area contributed by atoms with Crippen LogP contribution >= 0.6 is 0 Å². The number of benzene rings is 1. The van der Waals surface area contributed by atoms with Gasteiger partial charge in [0.25, 0.3) is 0 Å². The highest BCUT2D eigenvalue weighted by atomic mass is 16.3. The van der Waals surface area contributed by atoms with Crippen molar-refractivity contribution in [3.05, 3.63) is 53.9 Å². The normalized spacial score (nSPS) is 21.6. The molecule has 7 heteroatoms. The molecule has 3 atom stereocenters. The number of carbonyl (C=O) groups is 1. The maximum Gasteiger partial charge on any atom is 0.230 e. The van der Waals surface area contributed by atoms with E-state index in [9.17, 15) is 15.0 Å². The maximum absolute atomic E-state index is 13.2. The number of hydrogen-bond donors (Lipinski definition) is 2. The van der Waals surface area contributed by atoms with E-state index in [0.29, 0.717) is 12.2 Å². The summed E-state index contributed by atoms with van der Waals surface area (Å²) in [5.74, 6) is 0.0684. The molecule has 0 radical (unpaired) electrons. The molecule has 3 heterocycles. The maximum atomic E-state index is 13.2. The van der Waals surface area contributed by atoms with Gasteiger partial charge in [-0.15, -0.1) is 0 Å². The highest BCUT2D eigenvalue weighted by molar-refractivity contribution is 5.97. The van der Waals surface area contributed by atoms with Crippen LogP contribution in [0.5, 0.6) is 0 Å². The summed E-state index contributed by atoms with van der Waals surface area (Å²) in [7, 11) is 2.15. The smallest absolute Gasteiger partial charge is 0.230 e. The van der Waals surface area contributed by atoms with Crippen LogP contribution in [-0.2, 0) is 16.8 Å². The summed E-state index contributed by atoms with van der Waals surface area (Å²) in [5.41, 5.74) is 2.18. The number of hydrogen-bond acceptors (Lipinski definition) is 6. The van der Waals surface area contributed by atoms with Crippen LogP contribution in [0.2, 0.25) is 0 Å². The number of amides is 1. The molecule has 0 bridgehead atoms. The molecule has 2 fully saturated rings. The molecule has 0 spiro atoms. The van der Waals surface area contributed by atoms with Crippen molar-refractivity contribution in [1.29, 1.82) is 0 Å². The third kappa shape index (κ3) is 5.59. The summed E-state index contributed by atoms with van der Waals surface area (Å²) < 4.78 is 0. The minimum absolute atomic E-state index is 0.0520. The van der Waals surface area contributed by atoms with Crippen LogP contribution in [-0.4, -0.2) is 71.9 Å². The number of likely N-dealkylation sites (N-methyl/N-ethyl adjacent to an activating group) is 1. The fourth-order valence-corrected chi connectivity index (χ4v) is 4.55. The van der Waals surface area contributed by atoms with E-state index < -0.39 is 11.7 Å². The molecule has 34 heavy (non-hydrogen) atoms. The Hall–Kier alpha value is -2.48. The first kappa shape index (κ1) is 26.1. The van der Waals surface area contributed by atoms with Crippen LogP contribution in [0.3, 0.4) is 0 Å². The van der Waals surface area contributed by atoms with Gasteiger partial charge in [0, 0.05) is 44.3 Å². The minimum Gasteiger partial charge on any atom is -0.390 e. The zero-order chi connectivity index (χ0) is 24.9. The highest BCUT2D eigenvalue weighted by Crippen LogP contribution is 2.32. The summed E-state index contributed by atoms with van der Waals surface area (Å²) >= 11 is 0. The Morgan fingerprint density at radius 1 is 1.09 bits per heavy atom. The molecule has 1 amide bonds. The summed E-state index contributed by atoms with van der Waals surface area (Å²) in [6, 6.07) is 12.0. The van der Waals surface area contributed by atoms with Gasteiger partial charge in [0.1, 0.15) is 5.60 Å². The molecule has 186 valence electrons. The predicted octanol–water partition coefficient (Wildman–Crippen LogP) is 3.04. The number of pyridine rings is 1. The van der Waals surface area contributed by atoms with Crippen molar-refractivity contribution in [3.8, 4) is 0 Å². The van der Waals surface area contributed by atoms with Gasteiger partial charge >= 0.3 is 0 Å². The van der Waals surface area contributed by atoms with Crippen molar-refractivity contribution in [2.75, 3.05) is 49.6 Å². The van der Waals surface area contributed by atoms with Gasteiger partial charge in [-0.05, 0) is 57.5 Å². The largest absolute Gasteiger partial charge is 0.390 e. The Bertz CT molecular complexity index is 937. The molecule has 0 aliphatic carbocycles. The second-order valence-corrected chi connectivity index (χ2v) is 9.32. The summed E-state index contributed by atoms with van der Waals surface area (Å²) in [6.07, 6.45) is 2.22. The third-order valence-corrected chi connectivity index (χ3v) is 7.01. The van der Waals surface area contributed by atoms with Crippen molar-refractivity contribution in [2.45, 2.75) is 52.2 Å². The van der Waals surface area contributed by atoms with E-state index in [1.54, 1.807) is 23.2 Å². The van der Waals surface area contributed by atoms with E-state index in [2.05, 4.69) is 46.1 Å². The van der Waals surface area contributed by atoms with Gasteiger partial charge in [-0.2, -0.15) is 0 Å². The topological polar surface area (TPSA) is 80.1 Å². The van der Waals surface area contributed by atoms with E-state index in [1.807, 2.05) is 13.8 Å². The average Bonchev–Trinajstić information content (AvgIpc) is 3.21. The van der Waals surface area contributed by atoms with Gasteiger partial charge in [0.05, 0.1) is 23.7 Å². The number of nitrogens with zero attached hydrogens (tertiary/aromatic N) is 4. The molecule has 7 nitrogen and oxygen atoms in total. The third-order valence-electron chi connectivity index (χ3n) is 7.01. The molecule has 2 aliphatic heterocycles. The molecule has 2 aliphatic rings. The Kier molecular flexibility index (Phi) is 8.68. The molecule has 0 saturated carbocycles. The first-order valence-corrected chi connectivity index (χ1v) is 12.5. The van der Waals surface area contributed by atoms with Gasteiger partial charge in [-0.3, -0.25) is 9.78 Å². The Morgan fingerprint density at radius 2 is 1.76 bits per heavy atom. The molecule has 1 aromatic heterocycles. The average molecular weight is 469 g/mol. The first-order valence-electron chi connectivity index (χ1n) is 12.5. The number of piperazine rings is 1. The summed E-state index contributed by atoms with van der Waals surface area (Å²) in [5, 5.41) is 20.2. The first-order chi connectivity index (χ1) is 16.3. The lowest BCUT2D eigenvalue weighted by molar-refractivity contribution is -0.120. The highest BCUT2D eigenvalue weighted by Gasteiger charge is 2.35. The number of para-hydroxylation sites is 1. The lowest BCUT2D eigenvalue weighted by Crippen LogP contribution is -2.44. The van der Waals surface area contributed by atoms with Gasteiger partial charge in [0.15, 0.2) is 0 Å². The fraction of sp³-hybridized carbons (Fsp3) is 0.556. The van der Waals surface area contributed by atoms with E-state index >= 15 is 0 Å². The molecule has 2 aromatic rings. The number of aliphatic hydroxyl groups is 2. The molecular formula is C27H40N4O3. The van der Waals surface area contributed by atoms with E-state index in [-0.39, 0.29) is 11.8 Å². The molecule has 1 unspecified atom stereocenters. The van der Waals surface area contributed by atoms with Crippen LogP contribution in [0.4, 0.5) is 11.4 Å². The lowest BCUT2D eigenvalue weighted by Gasteiger charge is -2.35. The molecule has 4 rings (SSSR count). The van der Waals surface area contributed by atoms with E-state index in [0.717, 1.165) is 44.7 Å². The second-order valence-electron chi connectivity index (χ2n) is 9.32. The van der Waals surface area contributed by atoms with Crippen LogP contribution in [0, 0.1) is 5.92 Å². The Balaban J connectivity index is 0.00000158. The monoisotopic (exact) mass is 468 g/mol. The van der Waals surface area contributed by atoms with Crippen molar-refractivity contribution in [2.24, 2.45) is 5.92 Å². The lowest BCUT2D eigenvalue weighted by atomic mass is 9.95. The zero-order valence-electron chi connectivity index (χ0n) is 21.2. The standard InChI is InChI=1S/C25H34N4O3.C2H6/c1-18(30)25(2,32)23-9-8-21(17-26-23)29-11-10-20(24(29)31)16-19-6-4-5-7-22(19)28-14-12-27(3)13-15-28;1-2/h4-9,17-18,20,30,32H,10-16H2,1-3H3;1-2H3/t18-,20-,25?;/m0./s1. The van der Waals surface area contributed by atoms with Crippen molar-refractivity contribution in [1.82, 2.24) is 9.88 Å². The van der Waals surface area contributed by atoms with Crippen LogP contribution in [0.15, 0.2) is 42.6 Å². The van der Waals surface area contributed by atoms with E-state index in [4.69, 9.17) is 0 Å². The Morgan fingerprint density at radius 3 is 2.38 bits per heavy atom. The van der Waals surface area contributed by atoms with Gasteiger partial charge in [-0.25, -0.2) is 0 Å². The molecule has 2 saturated heterocycles. The number of rotatable bonds is 6. The summed E-state index contributed by atoms with van der Waals surface area (Å²) in [4.78, 5) is 24.1. The Labute approximate surface area is 204 Å². The SMILES string of the molecule is CC.C[C@H](O)C(C)(O)c1ccc(N2CC[C@@H](Cc3ccccc3N3CCN(C)CC3)C2=O)cn1. The van der Waals surface area contributed by atoms with Crippen LogP contribution in [0.1, 0.15) is 45.4 Å².